The molecule has 1 spiro atoms. The van der Waals surface area contributed by atoms with Crippen LogP contribution in [0.4, 0.5) is 27.9 Å². The summed E-state index contributed by atoms with van der Waals surface area (Å²) in [6.07, 6.45) is 11.5. The number of pyridine rings is 1. The molecule has 2 aromatic heterocycles. The predicted molar refractivity (Wildman–Crippen MR) is 136 cm³/mol. The lowest BCUT2D eigenvalue weighted by Crippen LogP contribution is -2.45. The minimum Gasteiger partial charge on any atom is -0.325 e. The molecule has 35 heavy (non-hydrogen) atoms. The molecule has 1 saturated carbocycles. The molecule has 2 fully saturated rings. The molecule has 0 bridgehead atoms. The van der Waals surface area contributed by atoms with E-state index in [1.165, 1.54) is 6.92 Å². The molecule has 2 aliphatic rings. The Balaban J connectivity index is 1.50. The second-order valence-corrected chi connectivity index (χ2v) is 9.26. The Bertz CT molecular complexity index is 1360. The van der Waals surface area contributed by atoms with Gasteiger partial charge in [-0.2, -0.15) is 4.98 Å². The minimum atomic E-state index is -0.249. The van der Waals surface area contributed by atoms with E-state index in [1.54, 1.807) is 29.1 Å². The van der Waals surface area contributed by atoms with Crippen LogP contribution in [0.15, 0.2) is 36.5 Å². The molecule has 0 atom stereocenters. The fraction of sp³-hybridized carbons (Fsp3) is 0.346. The molecule has 3 aromatic rings. The Labute approximate surface area is 204 Å². The highest BCUT2D eigenvalue weighted by Gasteiger charge is 2.51. The summed E-state index contributed by atoms with van der Waals surface area (Å²) in [6.45, 7) is 2.20. The standard InChI is InChI=1S/C26H27N7O2/c1-5-18-14-22(33-25(35)31(3)16-26(33)12-6-7-13-26)29-23-21(18)15-27-24(30-23)28-19-8-10-20(11-9-19)32(4)17(2)34/h1,8-11,14-15H,6-7,12-13,16H2,2-4H3,(H,27,28,29,30). The Morgan fingerprint density at radius 1 is 1.20 bits per heavy atom. The molecule has 0 unspecified atom stereocenters. The number of hydrogen-bond donors (Lipinski definition) is 1. The largest absolute Gasteiger partial charge is 0.326 e. The third kappa shape index (κ3) is 3.91. The van der Waals surface area contributed by atoms with E-state index in [0.29, 0.717) is 34.9 Å². The number of benzene rings is 1. The van der Waals surface area contributed by atoms with Crippen LogP contribution in [0.2, 0.25) is 0 Å². The molecule has 5 rings (SSSR count). The number of nitrogens with zero attached hydrogens (tertiary/aromatic N) is 6. The molecule has 178 valence electrons. The zero-order valence-electron chi connectivity index (χ0n) is 20.1. The van der Waals surface area contributed by atoms with Crippen LogP contribution in [0.3, 0.4) is 0 Å². The highest BCUT2D eigenvalue weighted by Crippen LogP contribution is 2.43. The summed E-state index contributed by atoms with van der Waals surface area (Å²) in [5, 5.41) is 3.83. The molecule has 1 saturated heterocycles. The molecule has 9 nitrogen and oxygen atoms in total. The fourth-order valence-electron chi connectivity index (χ4n) is 5.08. The molecule has 1 aliphatic carbocycles. The number of hydrogen-bond acceptors (Lipinski definition) is 6. The molecular weight excluding hydrogens is 442 g/mol. The van der Waals surface area contributed by atoms with Crippen molar-refractivity contribution >= 4 is 46.1 Å². The van der Waals surface area contributed by atoms with Crippen molar-refractivity contribution < 1.29 is 9.59 Å². The van der Waals surface area contributed by atoms with Gasteiger partial charge in [0.15, 0.2) is 5.65 Å². The molecule has 9 heteroatoms. The third-order valence-electron chi connectivity index (χ3n) is 6.98. The van der Waals surface area contributed by atoms with Gasteiger partial charge < -0.3 is 15.1 Å². The smallest absolute Gasteiger partial charge is 0.325 e. The molecule has 3 heterocycles. The van der Waals surface area contributed by atoms with Crippen molar-refractivity contribution in [2.45, 2.75) is 38.1 Å². The molecule has 1 N–H and O–H groups in total. The number of terminal acetylenes is 1. The summed E-state index contributed by atoms with van der Waals surface area (Å²) >= 11 is 0. The van der Waals surface area contributed by atoms with Crippen LogP contribution in [0.1, 0.15) is 38.2 Å². The van der Waals surface area contributed by atoms with Crippen molar-refractivity contribution in [3.05, 3.63) is 42.1 Å². The Morgan fingerprint density at radius 3 is 2.57 bits per heavy atom. The second-order valence-electron chi connectivity index (χ2n) is 9.26. The first-order chi connectivity index (χ1) is 16.8. The van der Waals surface area contributed by atoms with Gasteiger partial charge >= 0.3 is 6.03 Å². The van der Waals surface area contributed by atoms with Crippen molar-refractivity contribution in [3.8, 4) is 12.3 Å². The van der Waals surface area contributed by atoms with Crippen LogP contribution in [-0.2, 0) is 4.79 Å². The van der Waals surface area contributed by atoms with Crippen molar-refractivity contribution in [3.63, 3.8) is 0 Å². The first-order valence-electron chi connectivity index (χ1n) is 11.6. The maximum atomic E-state index is 13.1. The van der Waals surface area contributed by atoms with Gasteiger partial charge in [-0.3, -0.25) is 9.69 Å². The van der Waals surface area contributed by atoms with Crippen LogP contribution in [0.5, 0.6) is 0 Å². The number of aromatic nitrogens is 3. The van der Waals surface area contributed by atoms with E-state index in [0.717, 1.165) is 37.1 Å². The van der Waals surface area contributed by atoms with Gasteiger partial charge in [0, 0.05) is 50.7 Å². The van der Waals surface area contributed by atoms with Crippen LogP contribution in [-0.4, -0.2) is 58.0 Å². The number of amides is 3. The van der Waals surface area contributed by atoms with E-state index >= 15 is 0 Å². The summed E-state index contributed by atoms with van der Waals surface area (Å²) in [5.74, 6) is 3.56. The normalized spacial score (nSPS) is 16.7. The van der Waals surface area contributed by atoms with E-state index in [9.17, 15) is 9.59 Å². The zero-order chi connectivity index (χ0) is 24.7. The number of anilines is 4. The second kappa shape index (κ2) is 8.55. The monoisotopic (exact) mass is 469 g/mol. The summed E-state index contributed by atoms with van der Waals surface area (Å²) in [5.41, 5.74) is 2.33. The van der Waals surface area contributed by atoms with Gasteiger partial charge in [0.2, 0.25) is 11.9 Å². The molecule has 0 radical (unpaired) electrons. The molecular formula is C26H27N7O2. The van der Waals surface area contributed by atoms with Crippen LogP contribution in [0, 0.1) is 12.3 Å². The quantitative estimate of drug-likeness (QED) is 0.582. The number of carbonyl (C=O) groups is 2. The van der Waals surface area contributed by atoms with Gasteiger partial charge in [0.25, 0.3) is 0 Å². The van der Waals surface area contributed by atoms with Gasteiger partial charge in [0.05, 0.1) is 10.9 Å². The summed E-state index contributed by atoms with van der Waals surface area (Å²) in [7, 11) is 3.55. The maximum absolute atomic E-state index is 13.1. The average molecular weight is 470 g/mol. The van der Waals surface area contributed by atoms with E-state index in [1.807, 2.05) is 36.2 Å². The van der Waals surface area contributed by atoms with Crippen molar-refractivity contribution in [1.29, 1.82) is 0 Å². The number of rotatable bonds is 4. The predicted octanol–water partition coefficient (Wildman–Crippen LogP) is 3.92. The van der Waals surface area contributed by atoms with Gasteiger partial charge in [-0.25, -0.2) is 14.8 Å². The lowest BCUT2D eigenvalue weighted by Gasteiger charge is -2.32. The number of likely N-dealkylation sites (N-methyl/N-ethyl adjacent to an activating group) is 1. The Kier molecular flexibility index (Phi) is 5.52. The van der Waals surface area contributed by atoms with Gasteiger partial charge in [-0.1, -0.05) is 18.8 Å². The lowest BCUT2D eigenvalue weighted by molar-refractivity contribution is -0.116. The van der Waals surface area contributed by atoms with E-state index in [-0.39, 0.29) is 17.5 Å². The van der Waals surface area contributed by atoms with Gasteiger partial charge in [-0.05, 0) is 43.2 Å². The van der Waals surface area contributed by atoms with Crippen molar-refractivity contribution in [2.75, 3.05) is 35.8 Å². The van der Waals surface area contributed by atoms with Crippen molar-refractivity contribution in [1.82, 2.24) is 19.9 Å². The topological polar surface area (TPSA) is 94.6 Å². The summed E-state index contributed by atoms with van der Waals surface area (Å²) in [6, 6.07) is 9.11. The number of carbonyl (C=O) groups excluding carboxylic acids is 2. The summed E-state index contributed by atoms with van der Waals surface area (Å²) in [4.78, 5) is 43.6. The fourth-order valence-corrected chi connectivity index (χ4v) is 5.08. The summed E-state index contributed by atoms with van der Waals surface area (Å²) < 4.78 is 0. The first kappa shape index (κ1) is 22.6. The highest BCUT2D eigenvalue weighted by atomic mass is 16.2. The first-order valence-corrected chi connectivity index (χ1v) is 11.6. The number of nitrogens with one attached hydrogen (secondary N) is 1. The number of fused-ring (bicyclic) bond motifs is 1. The van der Waals surface area contributed by atoms with Crippen LogP contribution < -0.4 is 15.1 Å². The van der Waals surface area contributed by atoms with Crippen molar-refractivity contribution in [2.24, 2.45) is 0 Å². The van der Waals surface area contributed by atoms with Gasteiger partial charge in [0.1, 0.15) is 5.82 Å². The van der Waals surface area contributed by atoms with E-state index in [4.69, 9.17) is 11.4 Å². The van der Waals surface area contributed by atoms with Gasteiger partial charge in [-0.15, -0.1) is 6.42 Å². The minimum absolute atomic E-state index is 0.0446. The molecule has 3 amide bonds. The Morgan fingerprint density at radius 2 is 1.91 bits per heavy atom. The third-order valence-corrected chi connectivity index (χ3v) is 6.98. The number of urea groups is 1. The average Bonchev–Trinajstić information content (AvgIpc) is 3.41. The van der Waals surface area contributed by atoms with Crippen LogP contribution in [0.25, 0.3) is 11.0 Å². The molecule has 1 aliphatic heterocycles. The highest BCUT2D eigenvalue weighted by molar-refractivity contribution is 5.97. The Hall–Kier alpha value is -4.19. The zero-order valence-corrected chi connectivity index (χ0v) is 20.1. The van der Waals surface area contributed by atoms with Crippen LogP contribution >= 0.6 is 0 Å². The van der Waals surface area contributed by atoms with E-state index in [2.05, 4.69) is 21.2 Å². The molecule has 1 aromatic carbocycles. The SMILES string of the molecule is C#Cc1cc(N2C(=O)N(C)CC23CCCC3)nc2nc(Nc3ccc(N(C)C(C)=O)cc3)ncc12. The van der Waals surface area contributed by atoms with E-state index < -0.39 is 0 Å². The lowest BCUT2D eigenvalue weighted by atomic mass is 9.96. The maximum Gasteiger partial charge on any atom is 0.326 e.